The molecule has 1 unspecified atom stereocenters. The van der Waals surface area contributed by atoms with Crippen LogP contribution in [0, 0.1) is 12.7 Å². The molecule has 0 aliphatic rings. The monoisotopic (exact) mass is 265 g/mol. The molecule has 0 aliphatic carbocycles. The lowest BCUT2D eigenvalue weighted by Gasteiger charge is -2.12. The quantitative estimate of drug-likeness (QED) is 0.922. The summed E-state index contributed by atoms with van der Waals surface area (Å²) < 4.78 is 13.0. The van der Waals surface area contributed by atoms with Crippen LogP contribution in [0.2, 0.25) is 5.02 Å². The number of benzene rings is 1. The van der Waals surface area contributed by atoms with Crippen molar-refractivity contribution in [2.45, 2.75) is 19.4 Å². The van der Waals surface area contributed by atoms with E-state index in [0.29, 0.717) is 17.0 Å². The van der Waals surface area contributed by atoms with Gasteiger partial charge in [-0.25, -0.2) is 4.39 Å². The third kappa shape index (κ3) is 3.06. The number of aromatic nitrogens is 1. The second-order valence-corrected chi connectivity index (χ2v) is 4.66. The summed E-state index contributed by atoms with van der Waals surface area (Å²) in [6.45, 7) is 1.95. The Morgan fingerprint density at radius 3 is 2.78 bits per heavy atom. The van der Waals surface area contributed by atoms with Gasteiger partial charge in [-0.05, 0) is 30.2 Å². The molecule has 0 spiro atoms. The molecule has 1 aromatic heterocycles. The van der Waals surface area contributed by atoms with Crippen LogP contribution in [0.25, 0.3) is 0 Å². The van der Waals surface area contributed by atoms with Crippen molar-refractivity contribution in [3.63, 3.8) is 0 Å². The van der Waals surface area contributed by atoms with Crippen LogP contribution >= 0.6 is 11.6 Å². The highest BCUT2D eigenvalue weighted by Gasteiger charge is 2.12. The lowest BCUT2D eigenvalue weighted by molar-refractivity contribution is 0.177. The van der Waals surface area contributed by atoms with Gasteiger partial charge in [-0.1, -0.05) is 23.7 Å². The van der Waals surface area contributed by atoms with Crippen LogP contribution in [-0.2, 0) is 6.42 Å². The predicted molar refractivity (Wildman–Crippen MR) is 69.0 cm³/mol. The predicted octanol–water partition coefficient (Wildman–Crippen LogP) is 3.46. The van der Waals surface area contributed by atoms with Gasteiger partial charge in [-0.15, -0.1) is 0 Å². The molecule has 18 heavy (non-hydrogen) atoms. The zero-order valence-corrected chi connectivity index (χ0v) is 10.7. The van der Waals surface area contributed by atoms with Crippen molar-refractivity contribution in [2.75, 3.05) is 0 Å². The average Bonchev–Trinajstić information content (AvgIpc) is 2.32. The third-order valence-electron chi connectivity index (χ3n) is 2.73. The van der Waals surface area contributed by atoms with Crippen LogP contribution in [-0.4, -0.2) is 10.1 Å². The Bertz CT molecular complexity index is 559. The minimum absolute atomic E-state index is 0.338. The van der Waals surface area contributed by atoms with E-state index in [1.165, 1.54) is 12.3 Å². The van der Waals surface area contributed by atoms with Gasteiger partial charge in [-0.2, -0.15) is 0 Å². The van der Waals surface area contributed by atoms with Gasteiger partial charge < -0.3 is 5.11 Å². The number of rotatable bonds is 3. The highest BCUT2D eigenvalue weighted by molar-refractivity contribution is 6.31. The molecule has 0 aliphatic heterocycles. The third-order valence-corrected chi connectivity index (χ3v) is 3.08. The van der Waals surface area contributed by atoms with Gasteiger partial charge in [-0.3, -0.25) is 4.98 Å². The minimum Gasteiger partial charge on any atom is -0.388 e. The summed E-state index contributed by atoms with van der Waals surface area (Å²) in [7, 11) is 0. The van der Waals surface area contributed by atoms with Crippen molar-refractivity contribution in [3.8, 4) is 0 Å². The summed E-state index contributed by atoms with van der Waals surface area (Å²) in [6.07, 6.45) is 2.09. The van der Waals surface area contributed by atoms with Crippen LogP contribution < -0.4 is 0 Å². The number of aliphatic hydroxyl groups excluding tert-OH is 1. The molecule has 0 saturated heterocycles. The number of hydrogen-bond acceptors (Lipinski definition) is 2. The SMILES string of the molecule is Cc1ccc(CC(O)c2cncc(F)c2)c(Cl)c1. The topological polar surface area (TPSA) is 33.1 Å². The Morgan fingerprint density at radius 2 is 2.11 bits per heavy atom. The van der Waals surface area contributed by atoms with Gasteiger partial charge in [0.2, 0.25) is 0 Å². The summed E-state index contributed by atoms with van der Waals surface area (Å²) in [5.74, 6) is -0.457. The van der Waals surface area contributed by atoms with Crippen molar-refractivity contribution in [3.05, 3.63) is 64.2 Å². The lowest BCUT2D eigenvalue weighted by atomic mass is 10.0. The van der Waals surface area contributed by atoms with E-state index in [-0.39, 0.29) is 0 Å². The molecule has 0 radical (unpaired) electrons. The molecule has 2 rings (SSSR count). The molecule has 1 N–H and O–H groups in total. The minimum atomic E-state index is -0.812. The van der Waals surface area contributed by atoms with Gasteiger partial charge in [0.05, 0.1) is 12.3 Å². The van der Waals surface area contributed by atoms with E-state index in [0.717, 1.165) is 17.3 Å². The molecule has 0 bridgehead atoms. The standard InChI is InChI=1S/C14H13ClFNO/c1-9-2-3-10(13(15)4-9)6-14(18)11-5-12(16)8-17-7-11/h2-5,7-8,14,18H,6H2,1H3. The average molecular weight is 266 g/mol. The van der Waals surface area contributed by atoms with Gasteiger partial charge >= 0.3 is 0 Å². The molecule has 0 saturated carbocycles. The molecule has 1 heterocycles. The number of halogens is 2. The van der Waals surface area contributed by atoms with E-state index in [4.69, 9.17) is 11.6 Å². The second-order valence-electron chi connectivity index (χ2n) is 4.25. The fourth-order valence-corrected chi connectivity index (χ4v) is 2.07. The first kappa shape index (κ1) is 13.0. The fourth-order valence-electron chi connectivity index (χ4n) is 1.75. The van der Waals surface area contributed by atoms with Gasteiger partial charge in [0.25, 0.3) is 0 Å². The number of aryl methyl sites for hydroxylation is 1. The highest BCUT2D eigenvalue weighted by Crippen LogP contribution is 2.24. The maximum absolute atomic E-state index is 13.0. The molecular formula is C14H13ClFNO. The summed E-state index contributed by atoms with van der Waals surface area (Å²) in [5.41, 5.74) is 2.34. The van der Waals surface area contributed by atoms with Crippen LogP contribution in [0.15, 0.2) is 36.7 Å². The van der Waals surface area contributed by atoms with E-state index in [1.807, 2.05) is 25.1 Å². The van der Waals surface area contributed by atoms with E-state index >= 15 is 0 Å². The molecule has 94 valence electrons. The zero-order valence-electron chi connectivity index (χ0n) is 9.90. The first-order chi connectivity index (χ1) is 8.56. The molecule has 1 aromatic carbocycles. The zero-order chi connectivity index (χ0) is 13.1. The van der Waals surface area contributed by atoms with E-state index in [1.54, 1.807) is 0 Å². The van der Waals surface area contributed by atoms with Gasteiger partial charge in [0, 0.05) is 23.2 Å². The Hall–Kier alpha value is -1.45. The molecule has 0 amide bonds. The van der Waals surface area contributed by atoms with E-state index in [9.17, 15) is 9.50 Å². The first-order valence-corrected chi connectivity index (χ1v) is 5.97. The molecule has 2 aromatic rings. The van der Waals surface area contributed by atoms with Crippen LogP contribution in [0.1, 0.15) is 22.8 Å². The van der Waals surface area contributed by atoms with Crippen LogP contribution in [0.4, 0.5) is 4.39 Å². The molecular weight excluding hydrogens is 253 g/mol. The maximum Gasteiger partial charge on any atom is 0.141 e. The van der Waals surface area contributed by atoms with Crippen molar-refractivity contribution < 1.29 is 9.50 Å². The van der Waals surface area contributed by atoms with E-state index in [2.05, 4.69) is 4.98 Å². The Morgan fingerprint density at radius 1 is 1.33 bits per heavy atom. The van der Waals surface area contributed by atoms with Crippen molar-refractivity contribution in [2.24, 2.45) is 0 Å². The smallest absolute Gasteiger partial charge is 0.141 e. The van der Waals surface area contributed by atoms with Gasteiger partial charge in [0.15, 0.2) is 0 Å². The Labute approximate surface area is 110 Å². The maximum atomic E-state index is 13.0. The normalized spacial score (nSPS) is 12.4. The number of nitrogens with zero attached hydrogens (tertiary/aromatic N) is 1. The van der Waals surface area contributed by atoms with Gasteiger partial charge in [0.1, 0.15) is 5.82 Å². The summed E-state index contributed by atoms with van der Waals surface area (Å²) in [6, 6.07) is 6.92. The second kappa shape index (κ2) is 5.46. The van der Waals surface area contributed by atoms with Crippen molar-refractivity contribution in [1.82, 2.24) is 4.98 Å². The molecule has 4 heteroatoms. The summed E-state index contributed by atoms with van der Waals surface area (Å²) >= 11 is 6.09. The Balaban J connectivity index is 2.18. The van der Waals surface area contributed by atoms with Crippen molar-refractivity contribution in [1.29, 1.82) is 0 Å². The van der Waals surface area contributed by atoms with E-state index < -0.39 is 11.9 Å². The highest BCUT2D eigenvalue weighted by atomic mass is 35.5. The molecule has 0 fully saturated rings. The first-order valence-electron chi connectivity index (χ1n) is 5.60. The fraction of sp³-hybridized carbons (Fsp3) is 0.214. The number of aliphatic hydroxyl groups is 1. The molecule has 1 atom stereocenters. The Kier molecular flexibility index (Phi) is 3.94. The lowest BCUT2D eigenvalue weighted by Crippen LogP contribution is -2.03. The number of hydrogen-bond donors (Lipinski definition) is 1. The summed E-state index contributed by atoms with van der Waals surface area (Å²) in [4.78, 5) is 3.72. The number of pyridine rings is 1. The van der Waals surface area contributed by atoms with Crippen LogP contribution in [0.3, 0.4) is 0 Å². The summed E-state index contributed by atoms with van der Waals surface area (Å²) in [5, 5.41) is 10.6. The molecule has 2 nitrogen and oxygen atoms in total. The van der Waals surface area contributed by atoms with Crippen LogP contribution in [0.5, 0.6) is 0 Å². The van der Waals surface area contributed by atoms with Crippen molar-refractivity contribution >= 4 is 11.6 Å². The largest absolute Gasteiger partial charge is 0.388 e.